The Bertz CT molecular complexity index is 757. The zero-order valence-electron chi connectivity index (χ0n) is 13.4. The van der Waals surface area contributed by atoms with E-state index in [1.54, 1.807) is 36.1 Å². The number of nitrogens with zero attached hydrogens (tertiary/aromatic N) is 1. The minimum Gasteiger partial charge on any atom is -0.449 e. The maximum atomic E-state index is 12.6. The van der Waals surface area contributed by atoms with Crippen molar-refractivity contribution in [2.75, 3.05) is 6.54 Å². The van der Waals surface area contributed by atoms with Crippen molar-refractivity contribution in [2.45, 2.75) is 26.0 Å². The summed E-state index contributed by atoms with van der Waals surface area (Å²) in [5.41, 5.74) is 2.80. The van der Waals surface area contributed by atoms with Gasteiger partial charge in [-0.3, -0.25) is 4.79 Å². The molecule has 2 aromatic carbocycles. The smallest absolute Gasteiger partial charge is 0.338 e. The molecule has 5 heteroatoms. The number of fused-ring (bicyclic) bond motifs is 1. The molecule has 124 valence electrons. The summed E-state index contributed by atoms with van der Waals surface area (Å²) < 4.78 is 5.31. The van der Waals surface area contributed by atoms with Crippen LogP contribution < -0.4 is 0 Å². The minimum atomic E-state index is -0.821. The normalized spacial score (nSPS) is 14.7. The predicted molar refractivity (Wildman–Crippen MR) is 91.9 cm³/mol. The van der Waals surface area contributed by atoms with Gasteiger partial charge in [-0.05, 0) is 48.7 Å². The number of amides is 1. The summed E-state index contributed by atoms with van der Waals surface area (Å²) in [4.78, 5) is 26.4. The highest BCUT2D eigenvalue weighted by Gasteiger charge is 2.27. The van der Waals surface area contributed by atoms with Crippen LogP contribution in [0.5, 0.6) is 0 Å². The van der Waals surface area contributed by atoms with Gasteiger partial charge in [0.2, 0.25) is 0 Å². The number of halogens is 1. The lowest BCUT2D eigenvalue weighted by Gasteiger charge is -2.30. The Hall–Kier alpha value is -2.33. The molecule has 0 saturated carbocycles. The molecular formula is C19H18ClNO3. The zero-order chi connectivity index (χ0) is 17.1. The van der Waals surface area contributed by atoms with Gasteiger partial charge in [0.15, 0.2) is 6.10 Å². The molecule has 3 rings (SSSR count). The van der Waals surface area contributed by atoms with E-state index in [1.807, 2.05) is 18.2 Å². The van der Waals surface area contributed by atoms with Crippen molar-refractivity contribution in [3.05, 3.63) is 70.2 Å². The lowest BCUT2D eigenvalue weighted by Crippen LogP contribution is -2.42. The molecule has 0 spiro atoms. The molecule has 0 N–H and O–H groups in total. The Morgan fingerprint density at radius 2 is 1.75 bits per heavy atom. The highest BCUT2D eigenvalue weighted by Crippen LogP contribution is 2.20. The van der Waals surface area contributed by atoms with E-state index in [2.05, 4.69) is 6.07 Å². The number of carbonyl (C=O) groups excluding carboxylic acids is 2. The summed E-state index contributed by atoms with van der Waals surface area (Å²) in [5.74, 6) is -0.697. The molecule has 0 bridgehead atoms. The third-order valence-corrected chi connectivity index (χ3v) is 4.41. The third-order valence-electron chi connectivity index (χ3n) is 4.15. The Labute approximate surface area is 146 Å². The lowest BCUT2D eigenvalue weighted by atomic mass is 9.99. The second-order valence-electron chi connectivity index (χ2n) is 5.83. The molecule has 1 aliphatic heterocycles. The number of esters is 1. The minimum absolute atomic E-state index is 0.174. The number of hydrogen-bond acceptors (Lipinski definition) is 3. The van der Waals surface area contributed by atoms with Crippen molar-refractivity contribution >= 4 is 23.5 Å². The van der Waals surface area contributed by atoms with E-state index >= 15 is 0 Å². The maximum Gasteiger partial charge on any atom is 0.338 e. The van der Waals surface area contributed by atoms with Crippen molar-refractivity contribution in [3.63, 3.8) is 0 Å². The summed E-state index contributed by atoms with van der Waals surface area (Å²) in [6, 6.07) is 14.5. The number of carbonyl (C=O) groups is 2. The molecule has 0 saturated heterocycles. The van der Waals surface area contributed by atoms with E-state index in [0.29, 0.717) is 23.7 Å². The van der Waals surface area contributed by atoms with Crippen LogP contribution in [-0.2, 0) is 22.5 Å². The molecule has 0 unspecified atom stereocenters. The van der Waals surface area contributed by atoms with Gasteiger partial charge in [0.1, 0.15) is 0 Å². The Kier molecular flexibility index (Phi) is 4.86. The average Bonchev–Trinajstić information content (AvgIpc) is 2.61. The summed E-state index contributed by atoms with van der Waals surface area (Å²) >= 11 is 5.80. The summed E-state index contributed by atoms with van der Waals surface area (Å²) in [7, 11) is 0. The van der Waals surface area contributed by atoms with Gasteiger partial charge < -0.3 is 9.64 Å². The zero-order valence-corrected chi connectivity index (χ0v) is 14.1. The maximum absolute atomic E-state index is 12.6. The fraction of sp³-hybridized carbons (Fsp3) is 0.263. The molecule has 2 aromatic rings. The van der Waals surface area contributed by atoms with E-state index in [4.69, 9.17) is 16.3 Å². The molecule has 24 heavy (non-hydrogen) atoms. The van der Waals surface area contributed by atoms with Crippen LogP contribution in [0, 0.1) is 0 Å². The van der Waals surface area contributed by atoms with Crippen LogP contribution in [-0.4, -0.2) is 29.4 Å². The summed E-state index contributed by atoms with van der Waals surface area (Å²) in [5, 5.41) is 0.544. The van der Waals surface area contributed by atoms with E-state index < -0.39 is 12.1 Å². The van der Waals surface area contributed by atoms with Crippen molar-refractivity contribution in [1.82, 2.24) is 4.90 Å². The summed E-state index contributed by atoms with van der Waals surface area (Å²) in [6.07, 6.45) is -0.00168. The number of ether oxygens (including phenoxy) is 1. The van der Waals surface area contributed by atoms with E-state index in [0.717, 1.165) is 12.0 Å². The van der Waals surface area contributed by atoms with Gasteiger partial charge in [0.25, 0.3) is 5.91 Å². The first-order valence-corrected chi connectivity index (χ1v) is 8.24. The standard InChI is InChI=1S/C19H18ClNO3/c1-13(24-19(23)15-6-8-17(20)9-7-15)18(22)21-11-10-14-4-2-3-5-16(14)12-21/h2-9,13H,10-12H2,1H3/t13-/m1/s1. The van der Waals surface area contributed by atoms with Crippen LogP contribution in [0.4, 0.5) is 0 Å². The van der Waals surface area contributed by atoms with Gasteiger partial charge in [-0.2, -0.15) is 0 Å². The second kappa shape index (κ2) is 7.05. The van der Waals surface area contributed by atoms with Gasteiger partial charge in [0, 0.05) is 18.1 Å². The Morgan fingerprint density at radius 1 is 1.08 bits per heavy atom. The summed E-state index contributed by atoms with van der Waals surface area (Å²) in [6.45, 7) is 2.80. The highest BCUT2D eigenvalue weighted by molar-refractivity contribution is 6.30. The highest BCUT2D eigenvalue weighted by atomic mass is 35.5. The predicted octanol–water partition coefficient (Wildman–Crippen LogP) is 3.47. The van der Waals surface area contributed by atoms with Crippen LogP contribution in [0.3, 0.4) is 0 Å². The van der Waals surface area contributed by atoms with Crippen LogP contribution in [0.2, 0.25) is 5.02 Å². The fourth-order valence-corrected chi connectivity index (χ4v) is 2.93. The first-order valence-electron chi connectivity index (χ1n) is 7.86. The molecule has 0 aliphatic carbocycles. The first-order chi connectivity index (χ1) is 11.5. The SMILES string of the molecule is C[C@@H](OC(=O)c1ccc(Cl)cc1)C(=O)N1CCc2ccccc2C1. The quantitative estimate of drug-likeness (QED) is 0.802. The van der Waals surface area contributed by atoms with Gasteiger partial charge in [-0.1, -0.05) is 35.9 Å². The van der Waals surface area contributed by atoms with E-state index in [1.165, 1.54) is 5.56 Å². The van der Waals surface area contributed by atoms with Gasteiger partial charge >= 0.3 is 5.97 Å². The topological polar surface area (TPSA) is 46.6 Å². The molecule has 1 heterocycles. The molecule has 4 nitrogen and oxygen atoms in total. The monoisotopic (exact) mass is 343 g/mol. The van der Waals surface area contributed by atoms with Crippen molar-refractivity contribution in [1.29, 1.82) is 0 Å². The first kappa shape index (κ1) is 16.5. The van der Waals surface area contributed by atoms with E-state index in [-0.39, 0.29) is 5.91 Å². The van der Waals surface area contributed by atoms with Crippen LogP contribution in [0.25, 0.3) is 0 Å². The molecule has 0 radical (unpaired) electrons. The van der Waals surface area contributed by atoms with Gasteiger partial charge in [-0.25, -0.2) is 4.79 Å². The molecule has 1 amide bonds. The molecular weight excluding hydrogens is 326 g/mol. The average molecular weight is 344 g/mol. The van der Waals surface area contributed by atoms with Gasteiger partial charge in [0.05, 0.1) is 5.56 Å². The number of hydrogen-bond donors (Lipinski definition) is 0. The molecule has 0 fully saturated rings. The van der Waals surface area contributed by atoms with E-state index in [9.17, 15) is 9.59 Å². The fourth-order valence-electron chi connectivity index (χ4n) is 2.81. The van der Waals surface area contributed by atoms with Crippen LogP contribution in [0.15, 0.2) is 48.5 Å². The molecule has 0 aromatic heterocycles. The lowest BCUT2D eigenvalue weighted by molar-refractivity contribution is -0.140. The number of rotatable bonds is 3. The van der Waals surface area contributed by atoms with Crippen molar-refractivity contribution in [2.24, 2.45) is 0 Å². The van der Waals surface area contributed by atoms with Gasteiger partial charge in [-0.15, -0.1) is 0 Å². The molecule has 1 aliphatic rings. The van der Waals surface area contributed by atoms with Crippen molar-refractivity contribution < 1.29 is 14.3 Å². The van der Waals surface area contributed by atoms with Crippen molar-refractivity contribution in [3.8, 4) is 0 Å². The molecule has 1 atom stereocenters. The Morgan fingerprint density at radius 3 is 2.46 bits per heavy atom. The third kappa shape index (κ3) is 3.60. The number of benzene rings is 2. The van der Waals surface area contributed by atoms with Crippen LogP contribution in [0.1, 0.15) is 28.4 Å². The Balaban J connectivity index is 1.63. The van der Waals surface area contributed by atoms with Crippen LogP contribution >= 0.6 is 11.6 Å². The largest absolute Gasteiger partial charge is 0.449 e. The second-order valence-corrected chi connectivity index (χ2v) is 6.27.